The number of aromatic nitrogens is 1. The molecule has 0 saturated carbocycles. The van der Waals surface area contributed by atoms with Gasteiger partial charge in [0.25, 0.3) is 0 Å². The van der Waals surface area contributed by atoms with E-state index in [9.17, 15) is 0 Å². The zero-order chi connectivity index (χ0) is 19.8. The molecule has 1 aromatic carbocycles. The summed E-state index contributed by atoms with van der Waals surface area (Å²) in [7, 11) is 0. The van der Waals surface area contributed by atoms with E-state index in [2.05, 4.69) is 65.6 Å². The van der Waals surface area contributed by atoms with Crippen LogP contribution in [0.15, 0.2) is 29.3 Å². The molecule has 1 fully saturated rings. The summed E-state index contributed by atoms with van der Waals surface area (Å²) in [6.45, 7) is 12.2. The molecule has 8 heteroatoms. The molecule has 0 amide bonds. The molecule has 0 radical (unpaired) electrons. The quantitative estimate of drug-likeness (QED) is 0.327. The van der Waals surface area contributed by atoms with Crippen molar-refractivity contribution < 1.29 is 4.74 Å². The number of halogens is 1. The molecule has 1 aliphatic rings. The lowest BCUT2D eigenvalue weighted by atomic mass is 10.2. The van der Waals surface area contributed by atoms with Crippen molar-refractivity contribution in [3.05, 3.63) is 45.4 Å². The fraction of sp³-hybridized carbons (Fsp3) is 0.524. The number of rotatable bonds is 7. The van der Waals surface area contributed by atoms with Crippen LogP contribution in [0.5, 0.6) is 0 Å². The molecule has 1 aliphatic heterocycles. The van der Waals surface area contributed by atoms with Crippen LogP contribution in [-0.2, 0) is 17.7 Å². The lowest BCUT2D eigenvalue weighted by Crippen LogP contribution is -2.38. The van der Waals surface area contributed by atoms with E-state index in [1.54, 1.807) is 11.3 Å². The minimum absolute atomic E-state index is 0. The van der Waals surface area contributed by atoms with E-state index in [1.807, 2.05) is 0 Å². The third-order valence-corrected chi connectivity index (χ3v) is 5.91. The monoisotopic (exact) mass is 529 g/mol. The average Bonchev–Trinajstić information content (AvgIpc) is 3.04. The minimum atomic E-state index is 0. The largest absolute Gasteiger partial charge is 0.378 e. The van der Waals surface area contributed by atoms with Gasteiger partial charge in [0.2, 0.25) is 0 Å². The number of morpholine rings is 1. The number of hydrogen-bond donors (Lipinski definition) is 2. The maximum Gasteiger partial charge on any atom is 0.191 e. The van der Waals surface area contributed by atoms with Gasteiger partial charge in [-0.1, -0.05) is 12.1 Å². The van der Waals surface area contributed by atoms with E-state index >= 15 is 0 Å². The van der Waals surface area contributed by atoms with Gasteiger partial charge in [0.1, 0.15) is 0 Å². The zero-order valence-electron chi connectivity index (χ0n) is 17.5. The average molecular weight is 529 g/mol. The number of nitrogens with zero attached hydrogens (tertiary/aromatic N) is 3. The number of thiazole rings is 1. The molecule has 160 valence electrons. The Labute approximate surface area is 195 Å². The number of ether oxygens (including phenoxy) is 1. The molecule has 0 unspecified atom stereocenters. The second-order valence-electron chi connectivity index (χ2n) is 6.89. The summed E-state index contributed by atoms with van der Waals surface area (Å²) in [5.74, 6) is 0.852. The number of hydrogen-bond acceptors (Lipinski definition) is 5. The summed E-state index contributed by atoms with van der Waals surface area (Å²) in [6.07, 6.45) is 0.915. The summed E-state index contributed by atoms with van der Waals surface area (Å²) in [4.78, 5) is 13.0. The smallest absolute Gasteiger partial charge is 0.191 e. The highest BCUT2D eigenvalue weighted by atomic mass is 127. The Bertz CT molecular complexity index is 752. The molecule has 1 saturated heterocycles. The van der Waals surface area contributed by atoms with Crippen LogP contribution in [-0.4, -0.2) is 50.3 Å². The number of nitrogens with one attached hydrogen (secondary N) is 2. The van der Waals surface area contributed by atoms with Gasteiger partial charge in [-0.05, 0) is 38.5 Å². The molecule has 0 spiro atoms. The lowest BCUT2D eigenvalue weighted by molar-refractivity contribution is 0.122. The molecule has 29 heavy (non-hydrogen) atoms. The second-order valence-corrected chi connectivity index (χ2v) is 8.17. The first-order valence-electron chi connectivity index (χ1n) is 10.0. The topological polar surface area (TPSA) is 61.8 Å². The molecule has 0 bridgehead atoms. The minimum Gasteiger partial charge on any atom is -0.378 e. The van der Waals surface area contributed by atoms with Gasteiger partial charge in [0.05, 0.1) is 30.5 Å². The van der Waals surface area contributed by atoms with E-state index in [0.29, 0.717) is 6.54 Å². The Morgan fingerprint density at radius 2 is 1.90 bits per heavy atom. The van der Waals surface area contributed by atoms with Crippen LogP contribution < -0.4 is 15.5 Å². The molecule has 0 atom stereocenters. The first-order chi connectivity index (χ1) is 13.7. The van der Waals surface area contributed by atoms with Gasteiger partial charge in [-0.3, -0.25) is 0 Å². The fourth-order valence-corrected chi connectivity index (χ4v) is 4.01. The van der Waals surface area contributed by atoms with Gasteiger partial charge in [0.15, 0.2) is 5.96 Å². The number of benzene rings is 1. The molecular formula is C21H32IN5OS. The van der Waals surface area contributed by atoms with E-state index < -0.39 is 0 Å². The van der Waals surface area contributed by atoms with Gasteiger partial charge in [-0.15, -0.1) is 35.3 Å². The summed E-state index contributed by atoms with van der Waals surface area (Å²) in [6, 6.07) is 8.70. The van der Waals surface area contributed by atoms with Crippen molar-refractivity contribution in [2.45, 2.75) is 33.7 Å². The Balaban J connectivity index is 0.00000300. The molecule has 2 aromatic rings. The number of anilines is 1. The van der Waals surface area contributed by atoms with Gasteiger partial charge in [-0.25, -0.2) is 9.98 Å². The Hall–Kier alpha value is -1.39. The highest BCUT2D eigenvalue weighted by molar-refractivity contribution is 14.0. The van der Waals surface area contributed by atoms with E-state index in [-0.39, 0.29) is 24.0 Å². The summed E-state index contributed by atoms with van der Waals surface area (Å²) >= 11 is 1.78. The van der Waals surface area contributed by atoms with Crippen molar-refractivity contribution in [1.29, 1.82) is 0 Å². The Morgan fingerprint density at radius 1 is 1.17 bits per heavy atom. The zero-order valence-corrected chi connectivity index (χ0v) is 20.7. The van der Waals surface area contributed by atoms with E-state index in [1.165, 1.54) is 21.1 Å². The van der Waals surface area contributed by atoms with Gasteiger partial charge in [0, 0.05) is 43.2 Å². The van der Waals surface area contributed by atoms with Crippen molar-refractivity contribution in [2.24, 2.45) is 4.99 Å². The van der Waals surface area contributed by atoms with Crippen LogP contribution in [0.4, 0.5) is 5.69 Å². The Morgan fingerprint density at radius 3 is 2.52 bits per heavy atom. The fourth-order valence-electron chi connectivity index (χ4n) is 3.08. The predicted octanol–water partition coefficient (Wildman–Crippen LogP) is 3.51. The molecule has 2 N–H and O–H groups in total. The van der Waals surface area contributed by atoms with E-state index in [4.69, 9.17) is 9.73 Å². The Kier molecular flexibility index (Phi) is 10.2. The van der Waals surface area contributed by atoms with Gasteiger partial charge < -0.3 is 20.3 Å². The molecule has 3 rings (SSSR count). The van der Waals surface area contributed by atoms with E-state index in [0.717, 1.165) is 57.5 Å². The summed E-state index contributed by atoms with van der Waals surface area (Å²) < 4.78 is 5.42. The SMILES string of the molecule is CCNC(=NCc1ccc(N2CCOCC2)cc1)NCCc1nc(C)c(C)s1.I. The lowest BCUT2D eigenvalue weighted by Gasteiger charge is -2.28. The number of aliphatic imine (C=N–C) groups is 1. The van der Waals surface area contributed by atoms with Gasteiger partial charge in [-0.2, -0.15) is 0 Å². The molecule has 2 heterocycles. The van der Waals surface area contributed by atoms with Crippen LogP contribution in [0.3, 0.4) is 0 Å². The molecule has 6 nitrogen and oxygen atoms in total. The number of guanidine groups is 1. The van der Waals surface area contributed by atoms with Crippen LogP contribution in [0.2, 0.25) is 0 Å². The van der Waals surface area contributed by atoms with Crippen LogP contribution in [0.1, 0.15) is 28.1 Å². The van der Waals surface area contributed by atoms with Crippen molar-refractivity contribution in [2.75, 3.05) is 44.3 Å². The predicted molar refractivity (Wildman–Crippen MR) is 133 cm³/mol. The third-order valence-electron chi connectivity index (χ3n) is 4.78. The van der Waals surface area contributed by atoms with Crippen LogP contribution in [0, 0.1) is 13.8 Å². The first-order valence-corrected chi connectivity index (χ1v) is 10.8. The molecular weight excluding hydrogens is 497 g/mol. The van der Waals surface area contributed by atoms with Crippen LogP contribution in [0.25, 0.3) is 0 Å². The van der Waals surface area contributed by atoms with Crippen molar-refractivity contribution in [1.82, 2.24) is 15.6 Å². The maximum atomic E-state index is 5.42. The number of aryl methyl sites for hydroxylation is 2. The summed E-state index contributed by atoms with van der Waals surface area (Å²) in [5.41, 5.74) is 3.61. The normalized spacial score (nSPS) is 14.4. The van der Waals surface area contributed by atoms with Crippen molar-refractivity contribution in [3.8, 4) is 0 Å². The highest BCUT2D eigenvalue weighted by Gasteiger charge is 2.10. The van der Waals surface area contributed by atoms with Gasteiger partial charge >= 0.3 is 0 Å². The maximum absolute atomic E-state index is 5.42. The van der Waals surface area contributed by atoms with Crippen molar-refractivity contribution in [3.63, 3.8) is 0 Å². The van der Waals surface area contributed by atoms with Crippen LogP contribution >= 0.6 is 35.3 Å². The third kappa shape index (κ3) is 7.42. The second kappa shape index (κ2) is 12.3. The summed E-state index contributed by atoms with van der Waals surface area (Å²) in [5, 5.41) is 7.91. The standard InChI is InChI=1S/C21H31N5OS.HI/c1-4-22-21(23-10-9-20-25-16(2)17(3)28-20)24-15-18-5-7-19(8-6-18)26-11-13-27-14-12-26;/h5-8H,4,9-15H2,1-3H3,(H2,22,23,24);1H. The van der Waals surface area contributed by atoms with Crippen molar-refractivity contribution >= 4 is 47.0 Å². The molecule has 0 aliphatic carbocycles. The molecule has 1 aromatic heterocycles. The highest BCUT2D eigenvalue weighted by Crippen LogP contribution is 2.17. The first kappa shape index (κ1) is 23.9.